The van der Waals surface area contributed by atoms with Crippen LogP contribution in [0.1, 0.15) is 25.7 Å². The average molecular weight is 322 g/mol. The highest BCUT2D eigenvalue weighted by Crippen LogP contribution is 2.41. The molecule has 0 bridgehead atoms. The van der Waals surface area contributed by atoms with E-state index in [0.717, 1.165) is 11.8 Å². The third-order valence-corrected chi connectivity index (χ3v) is 6.95. The first-order valence-corrected chi connectivity index (χ1v) is 9.77. The van der Waals surface area contributed by atoms with E-state index in [0.29, 0.717) is 0 Å². The molecule has 1 aromatic carbocycles. The van der Waals surface area contributed by atoms with Crippen LogP contribution in [0.5, 0.6) is 0 Å². The Balaban J connectivity index is 1.35. The van der Waals surface area contributed by atoms with E-state index in [1.54, 1.807) is 0 Å². The highest BCUT2D eigenvalue weighted by Gasteiger charge is 2.47. The van der Waals surface area contributed by atoms with Crippen LogP contribution in [0, 0.1) is 11.8 Å². The maximum Gasteiger partial charge on any atom is 0.0965 e. The molecule has 3 aliphatic rings. The maximum atomic E-state index is 4.66. The minimum absolute atomic E-state index is 1.03. The molecule has 1 spiro atoms. The van der Waals surface area contributed by atoms with Crippen molar-refractivity contribution in [2.24, 2.45) is 11.8 Å². The van der Waals surface area contributed by atoms with Crippen molar-refractivity contribution in [3.63, 3.8) is 0 Å². The van der Waals surface area contributed by atoms with E-state index in [9.17, 15) is 0 Å². The molecule has 2 unspecified atom stereocenters. The number of pyridine rings is 1. The van der Waals surface area contributed by atoms with Crippen LogP contribution in [0.2, 0.25) is 0 Å². The van der Waals surface area contributed by atoms with Crippen molar-refractivity contribution in [2.75, 3.05) is 44.2 Å². The minimum Gasteiger partial charge on any atom is -0.358 e. The van der Waals surface area contributed by atoms with Gasteiger partial charge in [0.05, 0.1) is 50.5 Å². The van der Waals surface area contributed by atoms with Crippen LogP contribution in [0.25, 0.3) is 10.9 Å². The summed E-state index contributed by atoms with van der Waals surface area (Å²) in [6.07, 6.45) is 7.89. The Morgan fingerprint density at radius 1 is 0.917 bits per heavy atom. The number of anilines is 1. The van der Waals surface area contributed by atoms with Crippen molar-refractivity contribution >= 4 is 16.6 Å². The molecule has 3 heterocycles. The summed E-state index contributed by atoms with van der Waals surface area (Å²) in [6, 6.07) is 10.8. The van der Waals surface area contributed by atoms with E-state index in [1.807, 2.05) is 12.3 Å². The van der Waals surface area contributed by atoms with Crippen molar-refractivity contribution in [2.45, 2.75) is 25.7 Å². The summed E-state index contributed by atoms with van der Waals surface area (Å²) >= 11 is 0. The van der Waals surface area contributed by atoms with Crippen molar-refractivity contribution in [3.8, 4) is 0 Å². The molecule has 0 radical (unpaired) electrons. The quantitative estimate of drug-likeness (QED) is 0.744. The van der Waals surface area contributed by atoms with E-state index in [4.69, 9.17) is 0 Å². The molecule has 5 rings (SSSR count). The summed E-state index contributed by atoms with van der Waals surface area (Å²) in [5.74, 6) is 2.06. The molecule has 2 saturated heterocycles. The molecule has 0 amide bonds. The number of quaternary nitrogens is 1. The molecular weight excluding hydrogens is 294 g/mol. The Bertz CT molecular complexity index is 711. The highest BCUT2D eigenvalue weighted by molar-refractivity contribution is 5.90. The monoisotopic (exact) mass is 322 g/mol. The van der Waals surface area contributed by atoms with E-state index >= 15 is 0 Å². The van der Waals surface area contributed by atoms with E-state index < -0.39 is 0 Å². The zero-order valence-corrected chi connectivity index (χ0v) is 14.5. The SMILES string of the molecule is c1cnc2c(N3CC[N+]4(CC3)CC3CCCCC3C4)cccc2c1. The number of nitrogens with zero attached hydrogens (tertiary/aromatic N) is 3. The largest absolute Gasteiger partial charge is 0.358 e. The first-order valence-electron chi connectivity index (χ1n) is 9.77. The normalized spacial score (nSPS) is 29.1. The number of fused-ring (bicyclic) bond motifs is 2. The third kappa shape index (κ3) is 2.41. The molecule has 1 aromatic heterocycles. The topological polar surface area (TPSA) is 16.1 Å². The third-order valence-electron chi connectivity index (χ3n) is 6.95. The summed E-state index contributed by atoms with van der Waals surface area (Å²) < 4.78 is 1.41. The second-order valence-corrected chi connectivity index (χ2v) is 8.30. The van der Waals surface area contributed by atoms with Crippen LogP contribution < -0.4 is 4.90 Å². The molecule has 0 N–H and O–H groups in total. The predicted molar refractivity (Wildman–Crippen MR) is 99.1 cm³/mol. The minimum atomic E-state index is 1.03. The molecule has 24 heavy (non-hydrogen) atoms. The lowest BCUT2D eigenvalue weighted by atomic mass is 9.82. The Morgan fingerprint density at radius 3 is 2.38 bits per heavy atom. The second kappa shape index (κ2) is 5.73. The van der Waals surface area contributed by atoms with Gasteiger partial charge in [-0.05, 0) is 25.0 Å². The first-order chi connectivity index (χ1) is 11.8. The average Bonchev–Trinajstić information content (AvgIpc) is 2.99. The molecule has 2 atom stereocenters. The fourth-order valence-corrected chi connectivity index (χ4v) is 5.67. The first kappa shape index (κ1) is 14.7. The van der Waals surface area contributed by atoms with Gasteiger partial charge in [-0.15, -0.1) is 0 Å². The molecule has 1 aliphatic carbocycles. The number of aromatic nitrogens is 1. The molecule has 2 aliphatic heterocycles. The van der Waals surface area contributed by atoms with Crippen LogP contribution in [0.15, 0.2) is 36.5 Å². The summed E-state index contributed by atoms with van der Waals surface area (Å²) in [4.78, 5) is 7.24. The molecule has 3 nitrogen and oxygen atoms in total. The zero-order chi connectivity index (χ0) is 16.0. The molecule has 3 heteroatoms. The number of piperazine rings is 1. The van der Waals surface area contributed by atoms with Gasteiger partial charge in [0.2, 0.25) is 0 Å². The van der Waals surface area contributed by atoms with Gasteiger partial charge in [0.25, 0.3) is 0 Å². The fourth-order valence-electron chi connectivity index (χ4n) is 5.67. The van der Waals surface area contributed by atoms with Crippen LogP contribution in [0.4, 0.5) is 5.69 Å². The van der Waals surface area contributed by atoms with Crippen LogP contribution in [0.3, 0.4) is 0 Å². The molecule has 126 valence electrons. The summed E-state index contributed by atoms with van der Waals surface area (Å²) in [5, 5.41) is 1.26. The van der Waals surface area contributed by atoms with Gasteiger partial charge in [0.1, 0.15) is 0 Å². The summed E-state index contributed by atoms with van der Waals surface area (Å²) in [5.41, 5.74) is 2.51. The highest BCUT2D eigenvalue weighted by atomic mass is 15.4. The fraction of sp³-hybridized carbons (Fsp3) is 0.571. The van der Waals surface area contributed by atoms with Crippen molar-refractivity contribution in [1.29, 1.82) is 0 Å². The Hall–Kier alpha value is -1.61. The Kier molecular flexibility index (Phi) is 3.51. The molecular formula is C21H28N3+. The standard InChI is InChI=1S/C21H28N3/c1-2-6-19-16-24(15-18(19)5-1)13-11-23(12-14-24)20-9-3-7-17-8-4-10-22-21(17)20/h3-4,7-10,18-19H,1-2,5-6,11-16H2/q+1. The van der Waals surface area contributed by atoms with Crippen LogP contribution in [-0.4, -0.2) is 48.7 Å². The number of hydrogen-bond donors (Lipinski definition) is 0. The van der Waals surface area contributed by atoms with Crippen molar-refractivity contribution in [1.82, 2.24) is 4.98 Å². The number of para-hydroxylation sites is 1. The van der Waals surface area contributed by atoms with Gasteiger partial charge in [-0.2, -0.15) is 0 Å². The van der Waals surface area contributed by atoms with Crippen molar-refractivity contribution in [3.05, 3.63) is 36.5 Å². The predicted octanol–water partition coefficient (Wildman–Crippen LogP) is 3.69. The summed E-state index contributed by atoms with van der Waals surface area (Å²) in [6.45, 7) is 7.97. The van der Waals surface area contributed by atoms with Gasteiger partial charge >= 0.3 is 0 Å². The number of benzene rings is 1. The van der Waals surface area contributed by atoms with E-state index in [2.05, 4.69) is 34.1 Å². The van der Waals surface area contributed by atoms with Gasteiger partial charge in [0.15, 0.2) is 0 Å². The number of rotatable bonds is 1. The van der Waals surface area contributed by atoms with Crippen molar-refractivity contribution < 1.29 is 4.48 Å². The molecule has 1 saturated carbocycles. The second-order valence-electron chi connectivity index (χ2n) is 8.30. The zero-order valence-electron chi connectivity index (χ0n) is 14.5. The van der Waals surface area contributed by atoms with Gasteiger partial charge in [-0.1, -0.05) is 31.0 Å². The van der Waals surface area contributed by atoms with E-state index in [-0.39, 0.29) is 0 Å². The van der Waals surface area contributed by atoms with Crippen LogP contribution in [-0.2, 0) is 0 Å². The lowest BCUT2D eigenvalue weighted by Crippen LogP contribution is -2.58. The lowest BCUT2D eigenvalue weighted by molar-refractivity contribution is -0.919. The molecule has 3 fully saturated rings. The van der Waals surface area contributed by atoms with Gasteiger partial charge < -0.3 is 9.38 Å². The van der Waals surface area contributed by atoms with Gasteiger partial charge in [-0.3, -0.25) is 4.98 Å². The molecule has 2 aromatic rings. The Morgan fingerprint density at radius 2 is 1.62 bits per heavy atom. The van der Waals surface area contributed by atoms with E-state index in [1.165, 1.54) is 86.0 Å². The number of hydrogen-bond acceptors (Lipinski definition) is 2. The van der Waals surface area contributed by atoms with Crippen LogP contribution >= 0.6 is 0 Å². The Labute approximate surface area is 144 Å². The summed E-state index contributed by atoms with van der Waals surface area (Å²) in [7, 11) is 0. The lowest BCUT2D eigenvalue weighted by Gasteiger charge is -2.43. The smallest absolute Gasteiger partial charge is 0.0965 e. The maximum absolute atomic E-state index is 4.66. The van der Waals surface area contributed by atoms with Gasteiger partial charge in [0, 0.05) is 23.4 Å². The van der Waals surface area contributed by atoms with Gasteiger partial charge in [-0.25, -0.2) is 0 Å².